The molecule has 1 atom stereocenters. The molecule has 1 aliphatic rings. The van der Waals surface area contributed by atoms with Crippen LogP contribution in [0.15, 0.2) is 24.3 Å². The first kappa shape index (κ1) is 8.72. The van der Waals surface area contributed by atoms with Crippen LogP contribution in [0.4, 0.5) is 0 Å². The van der Waals surface area contributed by atoms with Gasteiger partial charge in [0, 0.05) is 16.6 Å². The Morgan fingerprint density at radius 3 is 3.00 bits per heavy atom. The van der Waals surface area contributed by atoms with Crippen LogP contribution in [-0.4, -0.2) is 10.9 Å². The van der Waals surface area contributed by atoms with Crippen LogP contribution in [0, 0.1) is 6.92 Å². The molecule has 0 saturated heterocycles. The normalized spacial score (nSPS) is 19.4. The molecule has 2 aromatic rings. The molecule has 0 bridgehead atoms. The number of aromatic nitrogens is 1. The van der Waals surface area contributed by atoms with Gasteiger partial charge in [-0.05, 0) is 31.4 Å². The minimum atomic E-state index is 0.0543. The summed E-state index contributed by atoms with van der Waals surface area (Å²) in [6, 6.07) is 8.39. The lowest BCUT2D eigenvalue weighted by Crippen LogP contribution is -2.04. The lowest BCUT2D eigenvalue weighted by molar-refractivity contribution is -0.110. The van der Waals surface area contributed by atoms with E-state index in [1.807, 2.05) is 6.07 Å². The van der Waals surface area contributed by atoms with Gasteiger partial charge in [-0.25, -0.2) is 0 Å². The van der Waals surface area contributed by atoms with E-state index in [1.165, 1.54) is 22.2 Å². The highest BCUT2D eigenvalue weighted by Crippen LogP contribution is 2.35. The monoisotopic (exact) mass is 199 g/mol. The van der Waals surface area contributed by atoms with Crippen molar-refractivity contribution in [2.45, 2.75) is 25.8 Å². The molecule has 2 heteroatoms. The summed E-state index contributed by atoms with van der Waals surface area (Å²) in [5.41, 5.74) is 3.89. The van der Waals surface area contributed by atoms with Gasteiger partial charge in [-0.3, -0.25) is 0 Å². The Labute approximate surface area is 88.5 Å². The maximum absolute atomic E-state index is 11.0. The zero-order valence-corrected chi connectivity index (χ0v) is 8.73. The quantitative estimate of drug-likeness (QED) is 0.647. The van der Waals surface area contributed by atoms with Gasteiger partial charge in [0.1, 0.15) is 6.29 Å². The zero-order valence-electron chi connectivity index (χ0n) is 8.73. The van der Waals surface area contributed by atoms with Crippen molar-refractivity contribution in [1.82, 2.24) is 4.57 Å². The lowest BCUT2D eigenvalue weighted by atomic mass is 10.1. The van der Waals surface area contributed by atoms with Crippen molar-refractivity contribution >= 4 is 17.2 Å². The predicted molar refractivity (Wildman–Crippen MR) is 60.1 cm³/mol. The second-order valence-electron chi connectivity index (χ2n) is 4.20. The summed E-state index contributed by atoms with van der Waals surface area (Å²) in [7, 11) is 0. The van der Waals surface area contributed by atoms with Crippen molar-refractivity contribution in [2.75, 3.05) is 0 Å². The van der Waals surface area contributed by atoms with E-state index >= 15 is 0 Å². The standard InChI is InChI=1S/C13H13NO/c1-9-11-4-2-3-5-13(11)14-10(8-15)6-7-12(9)14/h2-5,8,10H,6-7H2,1H3. The van der Waals surface area contributed by atoms with Gasteiger partial charge in [-0.15, -0.1) is 0 Å². The summed E-state index contributed by atoms with van der Waals surface area (Å²) < 4.78 is 2.21. The molecule has 2 heterocycles. The van der Waals surface area contributed by atoms with Crippen molar-refractivity contribution < 1.29 is 4.79 Å². The van der Waals surface area contributed by atoms with Crippen molar-refractivity contribution in [3.8, 4) is 0 Å². The second kappa shape index (κ2) is 2.96. The van der Waals surface area contributed by atoms with Crippen molar-refractivity contribution in [2.24, 2.45) is 0 Å². The molecule has 0 radical (unpaired) electrons. The number of aldehydes is 1. The average molecular weight is 199 g/mol. The van der Waals surface area contributed by atoms with Crippen LogP contribution in [0.3, 0.4) is 0 Å². The fourth-order valence-corrected chi connectivity index (χ4v) is 2.71. The Morgan fingerprint density at radius 1 is 1.40 bits per heavy atom. The van der Waals surface area contributed by atoms with Crippen LogP contribution in [0.25, 0.3) is 10.9 Å². The molecular weight excluding hydrogens is 186 g/mol. The fourth-order valence-electron chi connectivity index (χ4n) is 2.71. The first-order chi connectivity index (χ1) is 7.33. The number of fused-ring (bicyclic) bond motifs is 3. The number of rotatable bonds is 1. The molecule has 0 saturated carbocycles. The van der Waals surface area contributed by atoms with Crippen LogP contribution in [0.2, 0.25) is 0 Å². The summed E-state index contributed by atoms with van der Waals surface area (Å²) in [5.74, 6) is 0. The molecule has 1 aromatic carbocycles. The third-order valence-electron chi connectivity index (χ3n) is 3.46. The Kier molecular flexibility index (Phi) is 1.72. The van der Waals surface area contributed by atoms with E-state index in [0.717, 1.165) is 19.1 Å². The van der Waals surface area contributed by atoms with E-state index in [0.29, 0.717) is 0 Å². The number of benzene rings is 1. The van der Waals surface area contributed by atoms with E-state index in [2.05, 4.69) is 29.7 Å². The molecule has 1 aromatic heterocycles. The lowest BCUT2D eigenvalue weighted by Gasteiger charge is -2.06. The summed E-state index contributed by atoms with van der Waals surface area (Å²) in [6.45, 7) is 2.15. The van der Waals surface area contributed by atoms with Gasteiger partial charge in [0.15, 0.2) is 0 Å². The van der Waals surface area contributed by atoms with Crippen molar-refractivity contribution in [3.63, 3.8) is 0 Å². The number of para-hydroxylation sites is 1. The first-order valence-corrected chi connectivity index (χ1v) is 5.36. The van der Waals surface area contributed by atoms with Gasteiger partial charge >= 0.3 is 0 Å². The molecule has 15 heavy (non-hydrogen) atoms. The van der Waals surface area contributed by atoms with E-state index < -0.39 is 0 Å². The summed E-state index contributed by atoms with van der Waals surface area (Å²) in [5, 5.41) is 1.29. The maximum Gasteiger partial charge on any atom is 0.142 e. The molecule has 0 aliphatic carbocycles. The molecule has 1 unspecified atom stereocenters. The molecule has 3 rings (SSSR count). The maximum atomic E-state index is 11.0. The van der Waals surface area contributed by atoms with Crippen LogP contribution in [0.1, 0.15) is 23.7 Å². The topological polar surface area (TPSA) is 22.0 Å². The number of nitrogens with zero attached hydrogens (tertiary/aromatic N) is 1. The van der Waals surface area contributed by atoms with Crippen LogP contribution < -0.4 is 0 Å². The molecule has 1 aliphatic heterocycles. The molecule has 0 spiro atoms. The van der Waals surface area contributed by atoms with Crippen LogP contribution in [-0.2, 0) is 11.2 Å². The van der Waals surface area contributed by atoms with Crippen molar-refractivity contribution in [1.29, 1.82) is 0 Å². The Morgan fingerprint density at radius 2 is 2.20 bits per heavy atom. The molecular formula is C13H13NO. The van der Waals surface area contributed by atoms with E-state index in [9.17, 15) is 4.79 Å². The third-order valence-corrected chi connectivity index (χ3v) is 3.46. The summed E-state index contributed by atoms with van der Waals surface area (Å²) in [4.78, 5) is 11.0. The van der Waals surface area contributed by atoms with E-state index in [-0.39, 0.29) is 6.04 Å². The van der Waals surface area contributed by atoms with Crippen LogP contribution in [0.5, 0.6) is 0 Å². The zero-order chi connectivity index (χ0) is 10.4. The predicted octanol–water partition coefficient (Wildman–Crippen LogP) is 2.64. The SMILES string of the molecule is Cc1c2n(c3ccccc13)C(C=O)CC2. The third kappa shape index (κ3) is 1.02. The van der Waals surface area contributed by atoms with Gasteiger partial charge in [0.05, 0.1) is 6.04 Å². The minimum absolute atomic E-state index is 0.0543. The Bertz CT molecular complexity index is 539. The van der Waals surface area contributed by atoms with E-state index in [4.69, 9.17) is 0 Å². The fraction of sp³-hybridized carbons (Fsp3) is 0.308. The van der Waals surface area contributed by atoms with Gasteiger partial charge in [0.25, 0.3) is 0 Å². The molecule has 0 amide bonds. The minimum Gasteiger partial charge on any atom is -0.334 e. The van der Waals surface area contributed by atoms with Gasteiger partial charge in [-0.2, -0.15) is 0 Å². The molecule has 0 N–H and O–H groups in total. The van der Waals surface area contributed by atoms with Crippen molar-refractivity contribution in [3.05, 3.63) is 35.5 Å². The van der Waals surface area contributed by atoms with E-state index in [1.54, 1.807) is 0 Å². The Hall–Kier alpha value is -1.57. The number of carbonyl (C=O) groups is 1. The molecule has 76 valence electrons. The Balaban J connectivity index is 2.41. The number of carbonyl (C=O) groups excluding carboxylic acids is 1. The molecule has 0 fully saturated rings. The smallest absolute Gasteiger partial charge is 0.142 e. The van der Waals surface area contributed by atoms with Gasteiger partial charge in [0.2, 0.25) is 0 Å². The first-order valence-electron chi connectivity index (χ1n) is 5.36. The average Bonchev–Trinajstić information content (AvgIpc) is 2.81. The van der Waals surface area contributed by atoms with Gasteiger partial charge < -0.3 is 9.36 Å². The summed E-state index contributed by atoms with van der Waals surface area (Å²) >= 11 is 0. The summed E-state index contributed by atoms with van der Waals surface area (Å²) in [6.07, 6.45) is 3.07. The number of aryl methyl sites for hydroxylation is 1. The van der Waals surface area contributed by atoms with Gasteiger partial charge in [-0.1, -0.05) is 18.2 Å². The number of hydrogen-bond acceptors (Lipinski definition) is 1. The second-order valence-corrected chi connectivity index (χ2v) is 4.20. The molecule has 2 nitrogen and oxygen atoms in total. The highest BCUT2D eigenvalue weighted by Gasteiger charge is 2.25. The largest absolute Gasteiger partial charge is 0.334 e. The van der Waals surface area contributed by atoms with Crippen LogP contribution >= 0.6 is 0 Å². The number of hydrogen-bond donors (Lipinski definition) is 0. The highest BCUT2D eigenvalue weighted by molar-refractivity contribution is 5.87. The highest BCUT2D eigenvalue weighted by atomic mass is 16.1.